The normalized spacial score (nSPS) is 14.0. The number of aromatic nitrogens is 3. The van der Waals surface area contributed by atoms with Gasteiger partial charge in [0.15, 0.2) is 5.65 Å². The summed E-state index contributed by atoms with van der Waals surface area (Å²) in [5, 5.41) is 1.08. The number of benzene rings is 4. The van der Waals surface area contributed by atoms with E-state index in [0.717, 1.165) is 65.6 Å². The van der Waals surface area contributed by atoms with E-state index < -0.39 is 0 Å². The molecule has 7 rings (SSSR count). The molecule has 0 radical (unpaired) electrons. The van der Waals surface area contributed by atoms with Crippen molar-refractivity contribution >= 4 is 16.9 Å². The molecule has 0 aliphatic carbocycles. The lowest BCUT2D eigenvalue weighted by Gasteiger charge is -2.40. The largest absolute Gasteiger partial charge is 0.494 e. The molecule has 1 aliphatic rings. The highest BCUT2D eigenvalue weighted by atomic mass is 16.5. The van der Waals surface area contributed by atoms with Gasteiger partial charge in [0.2, 0.25) is 0 Å². The van der Waals surface area contributed by atoms with Crippen LogP contribution in [0.25, 0.3) is 27.8 Å². The smallest absolute Gasteiger partial charge is 0.150 e. The van der Waals surface area contributed by atoms with Gasteiger partial charge in [0.05, 0.1) is 18.0 Å². The third kappa shape index (κ3) is 5.38. The van der Waals surface area contributed by atoms with Crippen molar-refractivity contribution in [2.24, 2.45) is 0 Å². The third-order valence-electron chi connectivity index (χ3n) is 8.28. The number of hydrogen-bond acceptors (Lipinski definition) is 5. The Labute approximate surface area is 252 Å². The molecule has 1 saturated heterocycles. The van der Waals surface area contributed by atoms with Gasteiger partial charge in [-0.2, -0.15) is 0 Å². The van der Waals surface area contributed by atoms with E-state index in [1.807, 2.05) is 19.1 Å². The van der Waals surface area contributed by atoms with E-state index in [4.69, 9.17) is 14.7 Å². The van der Waals surface area contributed by atoms with E-state index in [9.17, 15) is 0 Å². The van der Waals surface area contributed by atoms with Gasteiger partial charge in [-0.1, -0.05) is 91.0 Å². The highest BCUT2D eigenvalue weighted by Crippen LogP contribution is 2.38. The first-order chi connectivity index (χ1) is 21.3. The highest BCUT2D eigenvalue weighted by molar-refractivity contribution is 6.02. The van der Waals surface area contributed by atoms with E-state index in [1.165, 1.54) is 11.1 Å². The molecule has 43 heavy (non-hydrogen) atoms. The molecule has 1 fully saturated rings. The fourth-order valence-corrected chi connectivity index (χ4v) is 6.27. The number of piperazine rings is 1. The Morgan fingerprint density at radius 2 is 1.30 bits per heavy atom. The average Bonchev–Trinajstić information content (AvgIpc) is 3.47. The van der Waals surface area contributed by atoms with Crippen molar-refractivity contribution in [3.8, 4) is 22.6 Å². The lowest BCUT2D eigenvalue weighted by atomic mass is 9.96. The molecular formula is C37H35N5O. The standard InChI is InChI=1S/C37H35N5O/c1-2-43-32-20-18-31(19-21-32)42-26-33(28-12-6-3-7-13-28)34-36(38-27-39-37(34)42)41-24-22-40(23-25-41)35(29-14-8-4-9-15-29)30-16-10-5-11-17-30/h3-21,26-27,35H,2,22-25H2,1H3. The Balaban J connectivity index is 1.24. The molecule has 0 spiro atoms. The second kappa shape index (κ2) is 12.1. The Morgan fingerprint density at radius 3 is 1.91 bits per heavy atom. The minimum Gasteiger partial charge on any atom is -0.494 e. The lowest BCUT2D eigenvalue weighted by molar-refractivity contribution is 0.212. The maximum Gasteiger partial charge on any atom is 0.150 e. The monoisotopic (exact) mass is 565 g/mol. The minimum absolute atomic E-state index is 0.218. The SMILES string of the molecule is CCOc1ccc(-n2cc(-c3ccccc3)c3c(N4CCN(C(c5ccccc5)c5ccccc5)CC4)ncnc32)cc1. The van der Waals surface area contributed by atoms with Gasteiger partial charge in [-0.05, 0) is 47.9 Å². The summed E-state index contributed by atoms with van der Waals surface area (Å²) in [6.07, 6.45) is 3.91. The molecule has 3 heterocycles. The van der Waals surface area contributed by atoms with E-state index in [0.29, 0.717) is 6.61 Å². The van der Waals surface area contributed by atoms with Gasteiger partial charge < -0.3 is 14.2 Å². The summed E-state index contributed by atoms with van der Waals surface area (Å²) < 4.78 is 7.87. The number of hydrogen-bond donors (Lipinski definition) is 0. The van der Waals surface area contributed by atoms with Crippen molar-refractivity contribution in [2.45, 2.75) is 13.0 Å². The van der Waals surface area contributed by atoms with Crippen molar-refractivity contribution in [1.29, 1.82) is 0 Å². The average molecular weight is 566 g/mol. The van der Waals surface area contributed by atoms with Gasteiger partial charge in [-0.25, -0.2) is 9.97 Å². The van der Waals surface area contributed by atoms with Gasteiger partial charge in [0, 0.05) is 43.6 Å². The Morgan fingerprint density at radius 1 is 0.698 bits per heavy atom. The minimum atomic E-state index is 0.218. The molecule has 0 atom stereocenters. The van der Waals surface area contributed by atoms with Gasteiger partial charge in [-0.15, -0.1) is 0 Å². The van der Waals surface area contributed by atoms with Crippen LogP contribution in [0.2, 0.25) is 0 Å². The molecule has 0 N–H and O–H groups in total. The first-order valence-corrected chi connectivity index (χ1v) is 15.0. The van der Waals surface area contributed by atoms with Crippen molar-refractivity contribution in [1.82, 2.24) is 19.4 Å². The maximum absolute atomic E-state index is 5.69. The molecule has 6 aromatic rings. The highest BCUT2D eigenvalue weighted by Gasteiger charge is 2.29. The summed E-state index contributed by atoms with van der Waals surface area (Å²) >= 11 is 0. The molecule has 0 unspecified atom stereocenters. The van der Waals surface area contributed by atoms with Crippen LogP contribution in [0, 0.1) is 0 Å². The zero-order valence-electron chi connectivity index (χ0n) is 24.4. The van der Waals surface area contributed by atoms with Crippen LogP contribution in [0.15, 0.2) is 128 Å². The molecule has 1 aliphatic heterocycles. The molecule has 4 aromatic carbocycles. The molecule has 0 saturated carbocycles. The van der Waals surface area contributed by atoms with Crippen LogP contribution < -0.4 is 9.64 Å². The van der Waals surface area contributed by atoms with Crippen molar-refractivity contribution in [2.75, 3.05) is 37.7 Å². The summed E-state index contributed by atoms with van der Waals surface area (Å²) in [6.45, 7) is 6.27. The second-order valence-electron chi connectivity index (χ2n) is 10.8. The van der Waals surface area contributed by atoms with Gasteiger partial charge in [-0.3, -0.25) is 4.90 Å². The van der Waals surface area contributed by atoms with Crippen molar-refractivity contribution in [3.63, 3.8) is 0 Å². The Hall–Kier alpha value is -4.94. The van der Waals surface area contributed by atoms with Crippen LogP contribution in [0.1, 0.15) is 24.1 Å². The predicted molar refractivity (Wildman–Crippen MR) is 174 cm³/mol. The van der Waals surface area contributed by atoms with Gasteiger partial charge >= 0.3 is 0 Å². The fraction of sp³-hybridized carbons (Fsp3) is 0.189. The number of fused-ring (bicyclic) bond motifs is 1. The molecule has 6 heteroatoms. The quantitative estimate of drug-likeness (QED) is 0.192. The number of nitrogens with zero attached hydrogens (tertiary/aromatic N) is 5. The number of rotatable bonds is 8. The summed E-state index contributed by atoms with van der Waals surface area (Å²) in [5.41, 5.74) is 6.88. The van der Waals surface area contributed by atoms with E-state index >= 15 is 0 Å². The van der Waals surface area contributed by atoms with E-state index in [1.54, 1.807) is 6.33 Å². The lowest BCUT2D eigenvalue weighted by Crippen LogP contribution is -2.48. The third-order valence-corrected chi connectivity index (χ3v) is 8.28. The predicted octanol–water partition coefficient (Wildman–Crippen LogP) is 7.40. The van der Waals surface area contributed by atoms with Crippen LogP contribution in [0.5, 0.6) is 5.75 Å². The van der Waals surface area contributed by atoms with Crippen LogP contribution in [-0.2, 0) is 0 Å². The second-order valence-corrected chi connectivity index (χ2v) is 10.8. The molecular weight excluding hydrogens is 530 g/mol. The first-order valence-electron chi connectivity index (χ1n) is 15.0. The summed E-state index contributed by atoms with van der Waals surface area (Å²) in [5.74, 6) is 1.85. The fourth-order valence-electron chi connectivity index (χ4n) is 6.27. The van der Waals surface area contributed by atoms with Crippen LogP contribution in [0.3, 0.4) is 0 Å². The maximum atomic E-state index is 5.69. The summed E-state index contributed by atoms with van der Waals surface area (Å²) in [7, 11) is 0. The molecule has 2 aromatic heterocycles. The molecule has 0 amide bonds. The van der Waals surface area contributed by atoms with Gasteiger partial charge in [0.25, 0.3) is 0 Å². The van der Waals surface area contributed by atoms with Crippen LogP contribution in [0.4, 0.5) is 5.82 Å². The van der Waals surface area contributed by atoms with Crippen molar-refractivity contribution < 1.29 is 4.74 Å². The Kier molecular flexibility index (Phi) is 7.59. The first kappa shape index (κ1) is 26.9. The number of anilines is 1. The van der Waals surface area contributed by atoms with E-state index in [-0.39, 0.29) is 6.04 Å². The molecule has 6 nitrogen and oxygen atoms in total. The zero-order valence-corrected chi connectivity index (χ0v) is 24.4. The van der Waals surface area contributed by atoms with Crippen LogP contribution >= 0.6 is 0 Å². The van der Waals surface area contributed by atoms with Crippen LogP contribution in [-0.4, -0.2) is 52.2 Å². The van der Waals surface area contributed by atoms with Crippen molar-refractivity contribution in [3.05, 3.63) is 139 Å². The summed E-state index contributed by atoms with van der Waals surface area (Å²) in [4.78, 5) is 14.8. The topological polar surface area (TPSA) is 46.4 Å². The van der Waals surface area contributed by atoms with E-state index in [2.05, 4.69) is 124 Å². The van der Waals surface area contributed by atoms with Gasteiger partial charge in [0.1, 0.15) is 17.9 Å². The number of ether oxygens (including phenoxy) is 1. The zero-order chi connectivity index (χ0) is 29.0. The molecule has 214 valence electrons. The Bertz CT molecular complexity index is 1740. The summed E-state index contributed by atoms with van der Waals surface area (Å²) in [6, 6.07) is 40.7. The molecule has 0 bridgehead atoms.